The van der Waals surface area contributed by atoms with Gasteiger partial charge in [0.05, 0.1) is 35.9 Å². The van der Waals surface area contributed by atoms with Crippen LogP contribution in [0.25, 0.3) is 0 Å². The minimum atomic E-state index is -1.64. The molecule has 238 valence electrons. The van der Waals surface area contributed by atoms with Crippen molar-refractivity contribution in [1.29, 1.82) is 0 Å². The summed E-state index contributed by atoms with van der Waals surface area (Å²) in [6.45, 7) is 14.5. The summed E-state index contributed by atoms with van der Waals surface area (Å²) in [6.07, 6.45) is -0.919. The molecule has 2 saturated heterocycles. The highest BCUT2D eigenvalue weighted by Crippen LogP contribution is 2.40. The third-order valence-corrected chi connectivity index (χ3v) is 10.7. The number of ether oxygens (including phenoxy) is 3. The number of cyclic esters (lactones) is 1. The Morgan fingerprint density at radius 3 is 2.07 bits per heavy atom. The van der Waals surface area contributed by atoms with Crippen LogP contribution in [0.4, 0.5) is 0 Å². The predicted molar refractivity (Wildman–Crippen MR) is 156 cm³/mol. The summed E-state index contributed by atoms with van der Waals surface area (Å²) in [5, 5.41) is 34.3. The lowest BCUT2D eigenvalue weighted by atomic mass is 9.71. The average molecular weight is 584 g/mol. The molecule has 41 heavy (non-hydrogen) atoms. The molecule has 9 heteroatoms. The second-order valence-electron chi connectivity index (χ2n) is 14.2. The zero-order valence-corrected chi connectivity index (χ0v) is 26.9. The number of hydrogen-bond donors (Lipinski definition) is 3. The van der Waals surface area contributed by atoms with Crippen molar-refractivity contribution < 1.29 is 39.1 Å². The van der Waals surface area contributed by atoms with Gasteiger partial charge in [-0.2, -0.15) is 0 Å². The molecule has 2 unspecified atom stereocenters. The van der Waals surface area contributed by atoms with Crippen molar-refractivity contribution in [3.05, 3.63) is 0 Å². The summed E-state index contributed by atoms with van der Waals surface area (Å²) < 4.78 is 19.0. The predicted octanol–water partition coefficient (Wildman–Crippen LogP) is 3.41. The van der Waals surface area contributed by atoms with Gasteiger partial charge < -0.3 is 34.4 Å². The molecule has 3 rings (SSSR count). The van der Waals surface area contributed by atoms with Crippen LogP contribution in [0.3, 0.4) is 0 Å². The highest BCUT2D eigenvalue weighted by Gasteiger charge is 2.48. The summed E-state index contributed by atoms with van der Waals surface area (Å²) in [6, 6.07) is 0.201. The van der Waals surface area contributed by atoms with Gasteiger partial charge >= 0.3 is 5.97 Å². The molecule has 0 aromatic rings. The molecular weight excluding hydrogens is 526 g/mol. The van der Waals surface area contributed by atoms with Crippen LogP contribution in [-0.2, 0) is 23.8 Å². The van der Waals surface area contributed by atoms with Crippen LogP contribution in [0.2, 0.25) is 0 Å². The molecule has 0 aromatic heterocycles. The van der Waals surface area contributed by atoms with E-state index in [1.165, 1.54) is 6.92 Å². The van der Waals surface area contributed by atoms with Crippen molar-refractivity contribution >= 4 is 11.8 Å². The fraction of sp³-hybridized carbons (Fsp3) is 0.938. The second-order valence-corrected chi connectivity index (χ2v) is 14.2. The summed E-state index contributed by atoms with van der Waals surface area (Å²) >= 11 is 0. The number of Topliss-reactive ketones (excluding diaryl/α,β-unsaturated/α-hetero) is 1. The third-order valence-electron chi connectivity index (χ3n) is 10.7. The Bertz CT molecular complexity index is 891. The molecule has 2 heterocycles. The average Bonchev–Trinajstić information content (AvgIpc) is 2.88. The van der Waals surface area contributed by atoms with E-state index in [1.807, 2.05) is 27.9 Å². The zero-order valence-electron chi connectivity index (χ0n) is 26.9. The summed E-state index contributed by atoms with van der Waals surface area (Å²) in [5.74, 6) is -3.48. The van der Waals surface area contributed by atoms with Crippen molar-refractivity contribution in [1.82, 2.24) is 4.90 Å². The highest BCUT2D eigenvalue weighted by molar-refractivity contribution is 5.83. The Hall–Kier alpha value is -1.10. The van der Waals surface area contributed by atoms with Gasteiger partial charge in [0.1, 0.15) is 11.9 Å². The summed E-state index contributed by atoms with van der Waals surface area (Å²) in [4.78, 5) is 29.3. The minimum absolute atomic E-state index is 0.0115. The number of ketones is 1. The van der Waals surface area contributed by atoms with Gasteiger partial charge in [-0.05, 0) is 66.0 Å². The Morgan fingerprint density at radius 1 is 0.927 bits per heavy atom. The monoisotopic (exact) mass is 583 g/mol. The molecule has 0 amide bonds. The molecular formula is C32H57NO8. The highest BCUT2D eigenvalue weighted by atomic mass is 16.7. The molecule has 3 fully saturated rings. The lowest BCUT2D eigenvalue weighted by Gasteiger charge is -2.46. The number of esters is 1. The van der Waals surface area contributed by atoms with E-state index < -0.39 is 71.9 Å². The van der Waals surface area contributed by atoms with Crippen molar-refractivity contribution in [3.63, 3.8) is 0 Å². The van der Waals surface area contributed by atoms with E-state index in [0.717, 1.165) is 19.3 Å². The van der Waals surface area contributed by atoms with Crippen molar-refractivity contribution in [3.8, 4) is 0 Å². The molecule has 0 spiro atoms. The van der Waals surface area contributed by atoms with Crippen molar-refractivity contribution in [2.24, 2.45) is 41.4 Å². The van der Waals surface area contributed by atoms with Gasteiger partial charge in [0.15, 0.2) is 6.29 Å². The molecule has 9 nitrogen and oxygen atoms in total. The van der Waals surface area contributed by atoms with E-state index in [1.54, 1.807) is 27.7 Å². The number of aliphatic hydroxyl groups excluding tert-OH is 2. The van der Waals surface area contributed by atoms with Crippen LogP contribution in [0.1, 0.15) is 87.5 Å². The summed E-state index contributed by atoms with van der Waals surface area (Å²) in [7, 11) is 4.06. The number of aliphatic hydroxyl groups is 3. The van der Waals surface area contributed by atoms with Crippen LogP contribution in [0.15, 0.2) is 0 Å². The van der Waals surface area contributed by atoms with Crippen LogP contribution in [0, 0.1) is 41.4 Å². The molecule has 3 N–H and O–H groups in total. The van der Waals surface area contributed by atoms with Crippen molar-refractivity contribution in [2.45, 2.75) is 136 Å². The van der Waals surface area contributed by atoms with E-state index in [4.69, 9.17) is 14.2 Å². The smallest absolute Gasteiger partial charge is 0.311 e. The molecule has 2 aliphatic heterocycles. The third kappa shape index (κ3) is 7.52. The molecule has 1 aliphatic carbocycles. The Balaban J connectivity index is 1.99. The number of nitrogens with zero attached hydrogens (tertiary/aromatic N) is 1. The lowest BCUT2D eigenvalue weighted by Crippen LogP contribution is -2.55. The first-order valence-corrected chi connectivity index (χ1v) is 15.8. The fourth-order valence-electron chi connectivity index (χ4n) is 7.42. The number of rotatable bonds is 4. The Kier molecular flexibility index (Phi) is 11.5. The number of carbonyl (C=O) groups is 2. The maximum Gasteiger partial charge on any atom is 0.311 e. The maximum absolute atomic E-state index is 13.8. The van der Waals surface area contributed by atoms with E-state index in [2.05, 4.69) is 11.8 Å². The first-order valence-electron chi connectivity index (χ1n) is 15.8. The molecule has 0 aromatic carbocycles. The van der Waals surface area contributed by atoms with Crippen LogP contribution in [-0.4, -0.2) is 94.5 Å². The first kappa shape index (κ1) is 34.4. The zero-order chi connectivity index (χ0) is 31.0. The van der Waals surface area contributed by atoms with Gasteiger partial charge in [-0.3, -0.25) is 9.59 Å². The standard InChI is InChI=1S/C32H57NO8/c1-16-15-32(8,38)30(36)20(5)28(40-25-14-24(33(9)10)17(2)22(7)39-25)21(6)31(37)41-29(23-12-11-13-23)19(4)27(35)18(3)26(16)34/h16-25,27-30,35-36,38H,11-15H2,1-10H3/t16-,17-,18+,19-,20+,21-,22?,24?,25+,27-,28+,29+,30-,32-/m1/s1. The Labute approximate surface area is 247 Å². The van der Waals surface area contributed by atoms with Gasteiger partial charge in [0.25, 0.3) is 0 Å². The molecule has 14 atom stereocenters. The van der Waals surface area contributed by atoms with Gasteiger partial charge in [-0.25, -0.2) is 0 Å². The number of hydrogen-bond acceptors (Lipinski definition) is 9. The van der Waals surface area contributed by atoms with Gasteiger partial charge in [0, 0.05) is 36.1 Å². The minimum Gasteiger partial charge on any atom is -0.461 e. The van der Waals surface area contributed by atoms with E-state index in [-0.39, 0.29) is 36.2 Å². The van der Waals surface area contributed by atoms with Crippen LogP contribution >= 0.6 is 0 Å². The first-order chi connectivity index (χ1) is 19.0. The van der Waals surface area contributed by atoms with E-state index in [0.29, 0.717) is 6.42 Å². The Morgan fingerprint density at radius 2 is 1.54 bits per heavy atom. The fourth-order valence-corrected chi connectivity index (χ4v) is 7.42. The molecule has 3 aliphatic rings. The largest absolute Gasteiger partial charge is 0.461 e. The SMILES string of the molecule is CC1O[C@@H](O[C@H]2[C@H](C)[C@@H](O)[C@](C)(O)C[C@@H](C)C(=O)[C@H](C)[C@@H](O)[C@@H](C)[C@@H](C3CCC3)OC(=O)[C@@H]2C)CC(N(C)C)[C@@H]1C. The van der Waals surface area contributed by atoms with Gasteiger partial charge in [-0.1, -0.05) is 41.0 Å². The topological polar surface area (TPSA) is 126 Å². The molecule has 0 radical (unpaired) electrons. The summed E-state index contributed by atoms with van der Waals surface area (Å²) in [5.41, 5.74) is -1.64. The second kappa shape index (κ2) is 13.7. The quantitative estimate of drug-likeness (QED) is 0.427. The van der Waals surface area contributed by atoms with E-state index >= 15 is 0 Å². The normalized spacial score (nSPS) is 47.9. The van der Waals surface area contributed by atoms with E-state index in [9.17, 15) is 24.9 Å². The maximum atomic E-state index is 13.8. The van der Waals surface area contributed by atoms with Crippen LogP contribution < -0.4 is 0 Å². The molecule has 0 bridgehead atoms. The molecule has 1 saturated carbocycles. The van der Waals surface area contributed by atoms with Crippen molar-refractivity contribution in [2.75, 3.05) is 14.1 Å². The van der Waals surface area contributed by atoms with Crippen LogP contribution in [0.5, 0.6) is 0 Å². The van der Waals surface area contributed by atoms with Gasteiger partial charge in [0.2, 0.25) is 0 Å². The lowest BCUT2D eigenvalue weighted by molar-refractivity contribution is -0.259. The number of carbonyl (C=O) groups excluding carboxylic acids is 2. The van der Waals surface area contributed by atoms with Gasteiger partial charge in [-0.15, -0.1) is 0 Å².